The van der Waals surface area contributed by atoms with Crippen LogP contribution in [0.2, 0.25) is 0 Å². The molecular weight excluding hydrogens is 749 g/mol. The average Bonchev–Trinajstić information content (AvgIpc) is 3.83. The van der Waals surface area contributed by atoms with Crippen LogP contribution in [0.4, 0.5) is 0 Å². The Hall–Kier alpha value is -7.68. The lowest BCUT2D eigenvalue weighted by molar-refractivity contribution is 0.648. The third-order valence-electron chi connectivity index (χ3n) is 12.9. The second kappa shape index (κ2) is 14.5. The van der Waals surface area contributed by atoms with Gasteiger partial charge in [0.1, 0.15) is 0 Å². The highest BCUT2D eigenvalue weighted by Gasteiger charge is 2.19. The summed E-state index contributed by atoms with van der Waals surface area (Å²) in [7, 11) is 0. The van der Waals surface area contributed by atoms with Crippen molar-refractivity contribution in [3.8, 4) is 44.8 Å². The molecule has 2 heteroatoms. The summed E-state index contributed by atoms with van der Waals surface area (Å²) in [4.78, 5) is 0. The monoisotopic (exact) mass is 792 g/mol. The zero-order chi connectivity index (χ0) is 41.3. The molecule has 12 aromatic rings. The summed E-state index contributed by atoms with van der Waals surface area (Å²) in [6, 6.07) is 78.5. The first-order valence-corrected chi connectivity index (χ1v) is 21.8. The van der Waals surface area contributed by atoms with Gasteiger partial charge in [-0.05, 0) is 140 Å². The first-order chi connectivity index (χ1) is 30.6. The minimum absolute atomic E-state index is 0.593. The number of para-hydroxylation sites is 2. The molecule has 0 radical (unpaired) electrons. The molecule has 0 amide bonds. The minimum Gasteiger partial charge on any atom is -0.309 e. The molecule has 62 heavy (non-hydrogen) atoms. The van der Waals surface area contributed by atoms with Crippen LogP contribution in [-0.4, -0.2) is 9.13 Å². The molecule has 0 aliphatic heterocycles. The van der Waals surface area contributed by atoms with Crippen molar-refractivity contribution in [1.82, 2.24) is 9.13 Å². The number of hydrogen-bond acceptors (Lipinski definition) is 0. The molecular formula is C60H44N2. The van der Waals surface area contributed by atoms with E-state index in [9.17, 15) is 0 Å². The van der Waals surface area contributed by atoms with Gasteiger partial charge in [0.2, 0.25) is 0 Å². The highest BCUT2D eigenvalue weighted by atomic mass is 15.0. The molecule has 0 saturated heterocycles. The Balaban J connectivity index is 0.988. The summed E-state index contributed by atoms with van der Waals surface area (Å²) in [5.41, 5.74) is 16.0. The Labute approximate surface area is 361 Å². The van der Waals surface area contributed by atoms with Crippen molar-refractivity contribution >= 4 is 65.2 Å². The molecule has 12 rings (SSSR count). The van der Waals surface area contributed by atoms with E-state index < -0.39 is 0 Å². The van der Waals surface area contributed by atoms with Crippen LogP contribution in [0.5, 0.6) is 0 Å². The summed E-state index contributed by atoms with van der Waals surface area (Å²) in [6.07, 6.45) is 1.06. The molecule has 0 atom stereocenters. The molecule has 0 spiro atoms. The van der Waals surface area contributed by atoms with Crippen molar-refractivity contribution < 1.29 is 0 Å². The van der Waals surface area contributed by atoms with Gasteiger partial charge >= 0.3 is 0 Å². The van der Waals surface area contributed by atoms with Crippen molar-refractivity contribution in [2.24, 2.45) is 5.92 Å². The van der Waals surface area contributed by atoms with E-state index in [0.29, 0.717) is 5.92 Å². The van der Waals surface area contributed by atoms with E-state index in [-0.39, 0.29) is 0 Å². The number of benzene rings is 10. The van der Waals surface area contributed by atoms with Gasteiger partial charge in [0.05, 0.1) is 22.1 Å². The van der Waals surface area contributed by atoms with E-state index in [1.54, 1.807) is 0 Å². The van der Waals surface area contributed by atoms with Gasteiger partial charge in [0, 0.05) is 32.9 Å². The molecule has 0 aliphatic carbocycles. The van der Waals surface area contributed by atoms with Crippen LogP contribution in [0.15, 0.2) is 212 Å². The van der Waals surface area contributed by atoms with Crippen molar-refractivity contribution in [3.05, 3.63) is 218 Å². The van der Waals surface area contributed by atoms with Crippen LogP contribution >= 0.6 is 0 Å². The van der Waals surface area contributed by atoms with Gasteiger partial charge < -0.3 is 9.13 Å². The summed E-state index contributed by atoms with van der Waals surface area (Å²) >= 11 is 0. The molecule has 0 aliphatic rings. The average molecular weight is 793 g/mol. The molecule has 0 unspecified atom stereocenters. The van der Waals surface area contributed by atoms with E-state index in [0.717, 1.165) is 12.1 Å². The zero-order valence-electron chi connectivity index (χ0n) is 34.9. The molecule has 2 aromatic heterocycles. The molecule has 294 valence electrons. The Morgan fingerprint density at radius 2 is 0.694 bits per heavy atom. The normalized spacial score (nSPS) is 11.9. The van der Waals surface area contributed by atoms with Crippen LogP contribution in [-0.2, 0) is 6.42 Å². The summed E-state index contributed by atoms with van der Waals surface area (Å²) in [6.45, 7) is 4.60. The van der Waals surface area contributed by atoms with Gasteiger partial charge in [-0.25, -0.2) is 0 Å². The lowest BCUT2D eigenvalue weighted by Crippen LogP contribution is -1.95. The van der Waals surface area contributed by atoms with Crippen molar-refractivity contribution in [1.29, 1.82) is 0 Å². The third-order valence-corrected chi connectivity index (χ3v) is 12.9. The van der Waals surface area contributed by atoms with Crippen LogP contribution in [0.3, 0.4) is 0 Å². The van der Waals surface area contributed by atoms with Crippen LogP contribution in [0.1, 0.15) is 19.4 Å². The summed E-state index contributed by atoms with van der Waals surface area (Å²) in [5.74, 6) is 0.593. The fourth-order valence-corrected chi connectivity index (χ4v) is 10.3. The first-order valence-electron chi connectivity index (χ1n) is 21.8. The predicted molar refractivity (Wildman–Crippen MR) is 265 cm³/mol. The molecule has 0 bridgehead atoms. The van der Waals surface area contributed by atoms with Crippen molar-refractivity contribution in [2.45, 2.75) is 20.3 Å². The minimum atomic E-state index is 0.593. The van der Waals surface area contributed by atoms with Gasteiger partial charge in [-0.1, -0.05) is 159 Å². The van der Waals surface area contributed by atoms with Gasteiger partial charge in [0.25, 0.3) is 0 Å². The fourth-order valence-electron chi connectivity index (χ4n) is 10.3. The van der Waals surface area contributed by atoms with E-state index in [1.165, 1.54) is 110 Å². The Morgan fingerprint density at radius 3 is 1.24 bits per heavy atom. The highest BCUT2D eigenvalue weighted by Crippen LogP contribution is 2.44. The highest BCUT2D eigenvalue weighted by molar-refractivity contribution is 6.21. The maximum atomic E-state index is 2.43. The second-order valence-corrected chi connectivity index (χ2v) is 17.2. The zero-order valence-corrected chi connectivity index (χ0v) is 34.9. The maximum absolute atomic E-state index is 2.43. The lowest BCUT2D eigenvalue weighted by Gasteiger charge is -2.18. The van der Waals surface area contributed by atoms with Gasteiger partial charge in [-0.15, -0.1) is 0 Å². The fraction of sp³-hybridized carbons (Fsp3) is 0.0667. The molecule has 2 nitrogen and oxygen atoms in total. The molecule has 0 saturated carbocycles. The van der Waals surface area contributed by atoms with E-state index in [2.05, 4.69) is 235 Å². The lowest BCUT2D eigenvalue weighted by atomic mass is 9.86. The van der Waals surface area contributed by atoms with E-state index >= 15 is 0 Å². The van der Waals surface area contributed by atoms with Crippen LogP contribution in [0.25, 0.3) is 110 Å². The molecule has 10 aromatic carbocycles. The smallest absolute Gasteiger partial charge is 0.0541 e. The molecule has 0 fully saturated rings. The van der Waals surface area contributed by atoms with Crippen molar-refractivity contribution in [3.63, 3.8) is 0 Å². The Bertz CT molecular complexity index is 3610. The van der Waals surface area contributed by atoms with Crippen molar-refractivity contribution in [2.75, 3.05) is 0 Å². The first kappa shape index (κ1) is 36.2. The van der Waals surface area contributed by atoms with E-state index in [1.807, 2.05) is 0 Å². The SMILES string of the molecule is CC(C)Cc1ccc2c(c1)c1cc(-c3ccc4c(c3)c3ccccc3n4-c3ccc(-c4c5ccccc5c(-c5ccccc5)c5ccccc45)cc3)ccc1n2-c1ccccc1. The van der Waals surface area contributed by atoms with E-state index in [4.69, 9.17) is 0 Å². The van der Waals surface area contributed by atoms with Gasteiger partial charge in [-0.2, -0.15) is 0 Å². The number of fused-ring (bicyclic) bond motifs is 8. The number of nitrogens with zero attached hydrogens (tertiary/aromatic N) is 2. The summed E-state index contributed by atoms with van der Waals surface area (Å²) < 4.78 is 4.85. The van der Waals surface area contributed by atoms with Gasteiger partial charge in [-0.3, -0.25) is 0 Å². The molecule has 0 N–H and O–H groups in total. The Kier molecular flexibility index (Phi) is 8.47. The number of rotatable bonds is 7. The summed E-state index contributed by atoms with van der Waals surface area (Å²) in [5, 5.41) is 10.2. The quantitative estimate of drug-likeness (QED) is 0.142. The number of hydrogen-bond donors (Lipinski definition) is 0. The topological polar surface area (TPSA) is 9.86 Å². The van der Waals surface area contributed by atoms with Crippen LogP contribution < -0.4 is 0 Å². The third kappa shape index (κ3) is 5.79. The Morgan fingerprint density at radius 1 is 0.306 bits per heavy atom. The second-order valence-electron chi connectivity index (χ2n) is 17.2. The van der Waals surface area contributed by atoms with Gasteiger partial charge in [0.15, 0.2) is 0 Å². The number of aromatic nitrogens is 2. The largest absolute Gasteiger partial charge is 0.309 e. The maximum Gasteiger partial charge on any atom is 0.0541 e. The molecule has 2 heterocycles. The predicted octanol–water partition coefficient (Wildman–Crippen LogP) is 16.4. The van der Waals surface area contributed by atoms with Crippen LogP contribution in [0, 0.1) is 5.92 Å². The standard InChI is InChI=1S/C60H44N2/c1-39(2)35-40-25-32-56-52(36-40)54-38-44(29-34-58(54)61(56)45-17-7-4-8-18-45)43-28-33-57-53(37-43)47-19-13-14-24-55(47)62(57)46-30-26-42(27-31-46)60-50-22-11-9-20-48(50)59(41-15-5-3-6-16-41)49-21-10-12-23-51(49)60/h3-34,36-39H,35H2,1-2H3.